The second-order valence-corrected chi connectivity index (χ2v) is 6.38. The number of para-hydroxylation sites is 1. The maximum Gasteiger partial charge on any atom is 0.191 e. The highest BCUT2D eigenvalue weighted by Crippen LogP contribution is 2.20. The average molecular weight is 348 g/mol. The van der Waals surface area contributed by atoms with Gasteiger partial charge >= 0.3 is 0 Å². The first kappa shape index (κ1) is 19.6. The van der Waals surface area contributed by atoms with Crippen LogP contribution in [0.1, 0.15) is 44.6 Å². The van der Waals surface area contributed by atoms with Gasteiger partial charge in [0.15, 0.2) is 5.96 Å². The van der Waals surface area contributed by atoms with E-state index in [1.807, 2.05) is 18.2 Å². The average Bonchev–Trinajstić information content (AvgIpc) is 3.15. The van der Waals surface area contributed by atoms with Gasteiger partial charge in [-0.05, 0) is 44.2 Å². The van der Waals surface area contributed by atoms with E-state index >= 15 is 0 Å². The van der Waals surface area contributed by atoms with Gasteiger partial charge < -0.3 is 20.1 Å². The minimum absolute atomic E-state index is 0.496. The van der Waals surface area contributed by atoms with Crippen molar-refractivity contribution < 1.29 is 9.47 Å². The number of benzene rings is 1. The van der Waals surface area contributed by atoms with Crippen molar-refractivity contribution in [1.29, 1.82) is 0 Å². The number of ether oxygens (including phenoxy) is 2. The third-order valence-electron chi connectivity index (χ3n) is 4.45. The summed E-state index contributed by atoms with van der Waals surface area (Å²) in [5, 5.41) is 6.69. The van der Waals surface area contributed by atoms with Gasteiger partial charge in [-0.15, -0.1) is 0 Å². The molecule has 25 heavy (non-hydrogen) atoms. The summed E-state index contributed by atoms with van der Waals surface area (Å²) >= 11 is 0. The van der Waals surface area contributed by atoms with E-state index in [0.717, 1.165) is 50.8 Å². The number of hydrogen-bond acceptors (Lipinski definition) is 3. The molecule has 0 unspecified atom stereocenters. The molecule has 1 aromatic carbocycles. The molecule has 1 aromatic rings. The van der Waals surface area contributed by atoms with E-state index in [1.54, 1.807) is 7.11 Å². The van der Waals surface area contributed by atoms with Crippen molar-refractivity contribution in [1.82, 2.24) is 10.6 Å². The lowest BCUT2D eigenvalue weighted by Crippen LogP contribution is -2.38. The smallest absolute Gasteiger partial charge is 0.191 e. The Hall–Kier alpha value is -1.75. The SMILES string of the molecule is CCNC(=NCCCOC1CCCC1)NCCc1ccccc1OC. The summed E-state index contributed by atoms with van der Waals surface area (Å²) in [6.07, 6.45) is 7.48. The molecule has 5 heteroatoms. The fraction of sp³-hybridized carbons (Fsp3) is 0.650. The lowest BCUT2D eigenvalue weighted by atomic mass is 10.1. The highest BCUT2D eigenvalue weighted by molar-refractivity contribution is 5.79. The number of guanidine groups is 1. The van der Waals surface area contributed by atoms with Crippen molar-refractivity contribution >= 4 is 5.96 Å². The number of rotatable bonds is 10. The van der Waals surface area contributed by atoms with E-state index in [0.29, 0.717) is 6.10 Å². The molecule has 1 aliphatic rings. The van der Waals surface area contributed by atoms with Crippen LogP contribution in [0.15, 0.2) is 29.3 Å². The van der Waals surface area contributed by atoms with Crippen molar-refractivity contribution in [2.24, 2.45) is 4.99 Å². The van der Waals surface area contributed by atoms with Gasteiger partial charge in [0.1, 0.15) is 5.75 Å². The third-order valence-corrected chi connectivity index (χ3v) is 4.45. The Morgan fingerprint density at radius 3 is 2.76 bits per heavy atom. The Morgan fingerprint density at radius 1 is 1.20 bits per heavy atom. The molecule has 0 amide bonds. The summed E-state index contributed by atoms with van der Waals surface area (Å²) in [7, 11) is 1.71. The third kappa shape index (κ3) is 7.34. The molecule has 5 nitrogen and oxygen atoms in total. The van der Waals surface area contributed by atoms with E-state index in [2.05, 4.69) is 28.6 Å². The first-order valence-electron chi connectivity index (χ1n) is 9.59. The fourth-order valence-electron chi connectivity index (χ4n) is 3.13. The number of nitrogens with zero attached hydrogens (tertiary/aromatic N) is 1. The molecule has 1 saturated carbocycles. The lowest BCUT2D eigenvalue weighted by molar-refractivity contribution is 0.0579. The number of aliphatic imine (C=N–C) groups is 1. The summed E-state index contributed by atoms with van der Waals surface area (Å²) in [6, 6.07) is 8.14. The van der Waals surface area contributed by atoms with E-state index < -0.39 is 0 Å². The molecule has 1 aliphatic carbocycles. The van der Waals surface area contributed by atoms with Crippen LogP contribution in [0.5, 0.6) is 5.75 Å². The van der Waals surface area contributed by atoms with Gasteiger partial charge in [0, 0.05) is 26.2 Å². The first-order chi connectivity index (χ1) is 12.3. The van der Waals surface area contributed by atoms with Gasteiger partial charge in [0.2, 0.25) is 0 Å². The predicted octanol–water partition coefficient (Wildman–Crippen LogP) is 3.14. The molecule has 1 fully saturated rings. The Bertz CT molecular complexity index is 513. The van der Waals surface area contributed by atoms with Gasteiger partial charge in [-0.1, -0.05) is 31.0 Å². The number of methoxy groups -OCH3 is 1. The van der Waals surface area contributed by atoms with Crippen molar-refractivity contribution in [3.8, 4) is 5.75 Å². The highest BCUT2D eigenvalue weighted by Gasteiger charge is 2.14. The largest absolute Gasteiger partial charge is 0.496 e. The van der Waals surface area contributed by atoms with Gasteiger partial charge in [0.05, 0.1) is 13.2 Å². The Morgan fingerprint density at radius 2 is 2.00 bits per heavy atom. The molecule has 0 heterocycles. The van der Waals surface area contributed by atoms with Crippen LogP contribution in [0.25, 0.3) is 0 Å². The topological polar surface area (TPSA) is 54.9 Å². The highest BCUT2D eigenvalue weighted by atomic mass is 16.5. The Labute approximate surface area is 152 Å². The second-order valence-electron chi connectivity index (χ2n) is 6.38. The Kier molecular flexibility index (Phi) is 9.19. The lowest BCUT2D eigenvalue weighted by Gasteiger charge is -2.13. The van der Waals surface area contributed by atoms with Crippen LogP contribution in [0.4, 0.5) is 0 Å². The van der Waals surface area contributed by atoms with Gasteiger partial charge in [0.25, 0.3) is 0 Å². The van der Waals surface area contributed by atoms with E-state index in [9.17, 15) is 0 Å². The molecular weight excluding hydrogens is 314 g/mol. The van der Waals surface area contributed by atoms with Crippen LogP contribution in [-0.2, 0) is 11.2 Å². The molecule has 0 aromatic heterocycles. The van der Waals surface area contributed by atoms with E-state index in [4.69, 9.17) is 9.47 Å². The minimum atomic E-state index is 0.496. The second kappa shape index (κ2) is 11.7. The van der Waals surface area contributed by atoms with Gasteiger partial charge in [-0.25, -0.2) is 0 Å². The molecule has 0 spiro atoms. The van der Waals surface area contributed by atoms with E-state index in [-0.39, 0.29) is 0 Å². The van der Waals surface area contributed by atoms with Gasteiger partial charge in [-0.2, -0.15) is 0 Å². The van der Waals surface area contributed by atoms with E-state index in [1.165, 1.54) is 31.2 Å². The maximum atomic E-state index is 5.89. The maximum absolute atomic E-state index is 5.89. The standard InChI is InChI=1S/C20H33N3O2/c1-3-21-20(22-14-8-16-25-18-10-5-6-11-18)23-15-13-17-9-4-7-12-19(17)24-2/h4,7,9,12,18H,3,5-6,8,10-11,13-16H2,1-2H3,(H2,21,22,23). The molecule has 0 radical (unpaired) electrons. The van der Waals surface area contributed by atoms with Crippen LogP contribution >= 0.6 is 0 Å². The fourth-order valence-corrected chi connectivity index (χ4v) is 3.13. The van der Waals surface area contributed by atoms with Crippen molar-refractivity contribution in [3.05, 3.63) is 29.8 Å². The number of hydrogen-bond donors (Lipinski definition) is 2. The first-order valence-corrected chi connectivity index (χ1v) is 9.59. The van der Waals surface area contributed by atoms with Crippen molar-refractivity contribution in [2.45, 2.75) is 51.6 Å². The molecule has 0 atom stereocenters. The monoisotopic (exact) mass is 347 g/mol. The van der Waals surface area contributed by atoms with Crippen molar-refractivity contribution in [2.75, 3.05) is 33.4 Å². The molecular formula is C20H33N3O2. The Balaban J connectivity index is 1.67. The van der Waals surface area contributed by atoms with Crippen LogP contribution in [-0.4, -0.2) is 45.4 Å². The predicted molar refractivity (Wildman–Crippen MR) is 104 cm³/mol. The summed E-state index contributed by atoms with van der Waals surface area (Å²) in [4.78, 5) is 4.63. The van der Waals surface area contributed by atoms with Crippen LogP contribution in [0, 0.1) is 0 Å². The summed E-state index contributed by atoms with van der Waals surface area (Å²) in [6.45, 7) is 5.37. The zero-order valence-electron chi connectivity index (χ0n) is 15.7. The molecule has 2 N–H and O–H groups in total. The normalized spacial score (nSPS) is 15.4. The summed E-state index contributed by atoms with van der Waals surface area (Å²) in [5.41, 5.74) is 1.21. The zero-order chi connectivity index (χ0) is 17.7. The van der Waals surface area contributed by atoms with Crippen molar-refractivity contribution in [3.63, 3.8) is 0 Å². The van der Waals surface area contributed by atoms with Crippen LogP contribution in [0.2, 0.25) is 0 Å². The molecule has 0 aliphatic heterocycles. The van der Waals surface area contributed by atoms with Crippen LogP contribution < -0.4 is 15.4 Å². The number of nitrogens with one attached hydrogen (secondary N) is 2. The summed E-state index contributed by atoms with van der Waals surface area (Å²) < 4.78 is 11.3. The molecule has 0 saturated heterocycles. The quantitative estimate of drug-likeness (QED) is 0.388. The minimum Gasteiger partial charge on any atom is -0.496 e. The summed E-state index contributed by atoms with van der Waals surface area (Å²) in [5.74, 6) is 1.81. The van der Waals surface area contributed by atoms with Gasteiger partial charge in [-0.3, -0.25) is 4.99 Å². The molecule has 0 bridgehead atoms. The molecule has 140 valence electrons. The van der Waals surface area contributed by atoms with Crippen LogP contribution in [0.3, 0.4) is 0 Å². The zero-order valence-corrected chi connectivity index (χ0v) is 15.7. The molecule has 2 rings (SSSR count).